The van der Waals surface area contributed by atoms with Crippen molar-refractivity contribution in [3.05, 3.63) is 53.6 Å². The predicted molar refractivity (Wildman–Crippen MR) is 113 cm³/mol. The lowest BCUT2D eigenvalue weighted by atomic mass is 10.3. The van der Waals surface area contributed by atoms with Gasteiger partial charge in [-0.15, -0.1) is 0 Å². The van der Waals surface area contributed by atoms with Gasteiger partial charge in [-0.2, -0.15) is 4.31 Å². The molecule has 0 unspecified atom stereocenters. The first-order valence-corrected chi connectivity index (χ1v) is 11.1. The molecule has 0 bridgehead atoms. The SMILES string of the molecule is CC(=O)Nc1ccc(S(=O)(=O)N2CCN(C(=O)COc3ccc(Cl)cc3)CC2)cc1. The van der Waals surface area contributed by atoms with E-state index in [-0.39, 0.29) is 49.5 Å². The van der Waals surface area contributed by atoms with E-state index < -0.39 is 10.0 Å². The highest BCUT2D eigenvalue weighted by molar-refractivity contribution is 7.89. The Morgan fingerprint density at radius 2 is 1.60 bits per heavy atom. The molecule has 2 aromatic carbocycles. The summed E-state index contributed by atoms with van der Waals surface area (Å²) >= 11 is 5.82. The normalized spacial score (nSPS) is 14.9. The van der Waals surface area contributed by atoms with Gasteiger partial charge in [-0.05, 0) is 48.5 Å². The zero-order valence-electron chi connectivity index (χ0n) is 16.4. The molecule has 1 saturated heterocycles. The minimum atomic E-state index is -3.68. The van der Waals surface area contributed by atoms with Crippen molar-refractivity contribution in [2.45, 2.75) is 11.8 Å². The van der Waals surface area contributed by atoms with E-state index in [9.17, 15) is 18.0 Å². The van der Waals surface area contributed by atoms with E-state index in [0.717, 1.165) is 0 Å². The Morgan fingerprint density at radius 3 is 2.17 bits per heavy atom. The lowest BCUT2D eigenvalue weighted by molar-refractivity contribution is -0.134. The largest absolute Gasteiger partial charge is 0.484 e. The standard InChI is InChI=1S/C20H22ClN3O5S/c1-15(25)22-17-4-8-19(9-5-17)30(27,28)24-12-10-23(11-13-24)20(26)14-29-18-6-2-16(21)3-7-18/h2-9H,10-14H2,1H3,(H,22,25). The Hall–Kier alpha value is -2.62. The summed E-state index contributed by atoms with van der Waals surface area (Å²) in [5, 5.41) is 3.18. The summed E-state index contributed by atoms with van der Waals surface area (Å²) in [6.45, 7) is 2.22. The number of carbonyl (C=O) groups is 2. The van der Waals surface area contributed by atoms with E-state index in [1.807, 2.05) is 0 Å². The molecule has 1 aliphatic rings. The van der Waals surface area contributed by atoms with E-state index in [1.54, 1.807) is 41.3 Å². The van der Waals surface area contributed by atoms with Crippen LogP contribution in [0.5, 0.6) is 5.75 Å². The van der Waals surface area contributed by atoms with Gasteiger partial charge in [0.1, 0.15) is 5.75 Å². The molecule has 2 amide bonds. The van der Waals surface area contributed by atoms with Crippen molar-refractivity contribution in [1.82, 2.24) is 9.21 Å². The Bertz CT molecular complexity index is 1000. The summed E-state index contributed by atoms with van der Waals surface area (Å²) in [5.74, 6) is 0.102. The van der Waals surface area contributed by atoms with Crippen molar-refractivity contribution in [2.75, 3.05) is 38.1 Å². The van der Waals surface area contributed by atoms with Crippen LogP contribution in [0.1, 0.15) is 6.92 Å². The molecule has 0 atom stereocenters. The molecule has 0 aliphatic carbocycles. The number of hydrogen-bond acceptors (Lipinski definition) is 5. The number of rotatable bonds is 6. The molecule has 1 aliphatic heterocycles. The van der Waals surface area contributed by atoms with E-state index in [4.69, 9.17) is 16.3 Å². The number of anilines is 1. The van der Waals surface area contributed by atoms with Crippen LogP contribution in [0.25, 0.3) is 0 Å². The molecule has 1 fully saturated rings. The number of amides is 2. The van der Waals surface area contributed by atoms with Crippen LogP contribution < -0.4 is 10.1 Å². The predicted octanol–water partition coefficient (Wildman–Crippen LogP) is 2.21. The number of piperazine rings is 1. The first-order chi connectivity index (χ1) is 14.3. The number of halogens is 1. The highest BCUT2D eigenvalue weighted by atomic mass is 35.5. The van der Waals surface area contributed by atoms with Crippen molar-refractivity contribution >= 4 is 39.1 Å². The van der Waals surface area contributed by atoms with Crippen molar-refractivity contribution in [3.8, 4) is 5.75 Å². The fourth-order valence-corrected chi connectivity index (χ4v) is 4.56. The van der Waals surface area contributed by atoms with E-state index >= 15 is 0 Å². The molecule has 2 aromatic rings. The smallest absolute Gasteiger partial charge is 0.260 e. The van der Waals surface area contributed by atoms with Crippen LogP contribution in [0.3, 0.4) is 0 Å². The van der Waals surface area contributed by atoms with Crippen molar-refractivity contribution in [2.24, 2.45) is 0 Å². The highest BCUT2D eigenvalue weighted by Gasteiger charge is 2.30. The second-order valence-electron chi connectivity index (χ2n) is 6.73. The van der Waals surface area contributed by atoms with Gasteiger partial charge in [-0.25, -0.2) is 8.42 Å². The summed E-state index contributed by atoms with van der Waals surface area (Å²) in [6, 6.07) is 12.7. The molecule has 0 spiro atoms. The number of carbonyl (C=O) groups excluding carboxylic acids is 2. The van der Waals surface area contributed by atoms with Crippen molar-refractivity contribution in [3.63, 3.8) is 0 Å². The monoisotopic (exact) mass is 451 g/mol. The van der Waals surface area contributed by atoms with Crippen LogP contribution in [0.4, 0.5) is 5.69 Å². The van der Waals surface area contributed by atoms with Crippen LogP contribution in [0.2, 0.25) is 5.02 Å². The van der Waals surface area contributed by atoms with Crippen molar-refractivity contribution < 1.29 is 22.7 Å². The quantitative estimate of drug-likeness (QED) is 0.726. The Labute approximate surface area is 180 Å². The van der Waals surface area contributed by atoms with E-state index in [1.165, 1.54) is 23.4 Å². The molecular formula is C20H22ClN3O5S. The molecule has 1 N–H and O–H groups in total. The number of nitrogens with zero attached hydrogens (tertiary/aromatic N) is 2. The average molecular weight is 452 g/mol. The van der Waals surface area contributed by atoms with Gasteiger partial charge in [0.2, 0.25) is 15.9 Å². The van der Waals surface area contributed by atoms with Gasteiger partial charge >= 0.3 is 0 Å². The van der Waals surface area contributed by atoms with Gasteiger partial charge in [0.05, 0.1) is 4.90 Å². The fraction of sp³-hybridized carbons (Fsp3) is 0.300. The minimum Gasteiger partial charge on any atom is -0.484 e. The number of benzene rings is 2. The summed E-state index contributed by atoms with van der Waals surface area (Å²) in [5.41, 5.74) is 0.526. The zero-order chi connectivity index (χ0) is 21.7. The zero-order valence-corrected chi connectivity index (χ0v) is 17.9. The highest BCUT2D eigenvalue weighted by Crippen LogP contribution is 2.20. The summed E-state index contributed by atoms with van der Waals surface area (Å²) in [4.78, 5) is 25.2. The molecule has 0 saturated carbocycles. The third kappa shape index (κ3) is 5.50. The molecular weight excluding hydrogens is 430 g/mol. The third-order valence-corrected chi connectivity index (χ3v) is 6.74. The van der Waals surface area contributed by atoms with Gasteiger partial charge in [-0.1, -0.05) is 11.6 Å². The Balaban J connectivity index is 1.54. The number of sulfonamides is 1. The lowest BCUT2D eigenvalue weighted by Crippen LogP contribution is -2.51. The lowest BCUT2D eigenvalue weighted by Gasteiger charge is -2.34. The van der Waals surface area contributed by atoms with Crippen LogP contribution in [0, 0.1) is 0 Å². The molecule has 10 heteroatoms. The van der Waals surface area contributed by atoms with E-state index in [2.05, 4.69) is 5.32 Å². The second-order valence-corrected chi connectivity index (χ2v) is 9.11. The first kappa shape index (κ1) is 22.1. The second kappa shape index (κ2) is 9.46. The maximum absolute atomic E-state index is 12.8. The molecule has 3 rings (SSSR count). The molecule has 0 radical (unpaired) electrons. The first-order valence-electron chi connectivity index (χ1n) is 9.29. The van der Waals surface area contributed by atoms with Crippen LogP contribution in [-0.4, -0.2) is 62.2 Å². The van der Waals surface area contributed by atoms with Crippen molar-refractivity contribution in [1.29, 1.82) is 0 Å². The number of ether oxygens (including phenoxy) is 1. The topological polar surface area (TPSA) is 96.0 Å². The third-order valence-electron chi connectivity index (χ3n) is 4.58. The molecule has 30 heavy (non-hydrogen) atoms. The maximum atomic E-state index is 12.8. The molecule has 1 heterocycles. The maximum Gasteiger partial charge on any atom is 0.260 e. The molecule has 8 nitrogen and oxygen atoms in total. The van der Waals surface area contributed by atoms with E-state index in [0.29, 0.717) is 16.5 Å². The van der Waals surface area contributed by atoms with Gasteiger partial charge in [0, 0.05) is 43.8 Å². The minimum absolute atomic E-state index is 0.126. The number of nitrogens with one attached hydrogen (secondary N) is 1. The average Bonchev–Trinajstić information content (AvgIpc) is 2.73. The summed E-state index contributed by atoms with van der Waals surface area (Å²) < 4.78 is 32.5. The van der Waals surface area contributed by atoms with Crippen LogP contribution in [0.15, 0.2) is 53.4 Å². The summed E-state index contributed by atoms with van der Waals surface area (Å²) in [6.07, 6.45) is 0. The van der Waals surface area contributed by atoms with Gasteiger partial charge < -0.3 is 15.0 Å². The van der Waals surface area contributed by atoms with Crippen LogP contribution in [-0.2, 0) is 19.6 Å². The Morgan fingerprint density at radius 1 is 1.00 bits per heavy atom. The fourth-order valence-electron chi connectivity index (χ4n) is 3.01. The molecule has 0 aromatic heterocycles. The van der Waals surface area contributed by atoms with Gasteiger partial charge in [0.25, 0.3) is 5.91 Å². The van der Waals surface area contributed by atoms with Gasteiger partial charge in [-0.3, -0.25) is 9.59 Å². The Kier molecular flexibility index (Phi) is 6.96. The number of hydrogen-bond donors (Lipinski definition) is 1. The van der Waals surface area contributed by atoms with Gasteiger partial charge in [0.15, 0.2) is 6.61 Å². The summed E-state index contributed by atoms with van der Waals surface area (Å²) in [7, 11) is -3.68. The van der Waals surface area contributed by atoms with Crippen LogP contribution >= 0.6 is 11.6 Å². The molecule has 160 valence electrons.